The van der Waals surface area contributed by atoms with Crippen LogP contribution in [0.3, 0.4) is 0 Å². The zero-order chi connectivity index (χ0) is 9.42. The van der Waals surface area contributed by atoms with Crippen LogP contribution >= 0.6 is 0 Å². The minimum Gasteiger partial charge on any atom is -0.333 e. The molecule has 2 nitrogen and oxygen atoms in total. The van der Waals surface area contributed by atoms with Crippen molar-refractivity contribution >= 4 is 21.8 Å². The Balaban J connectivity index is 0.000000308. The summed E-state index contributed by atoms with van der Waals surface area (Å²) in [5, 5.41) is 1.86. The zero-order valence-corrected chi connectivity index (χ0v) is 7.21. The van der Waals surface area contributed by atoms with Gasteiger partial charge in [0.05, 0.1) is 11.0 Å². The Kier molecular flexibility index (Phi) is 1.74. The molecule has 3 heteroatoms. The van der Waals surface area contributed by atoms with Crippen molar-refractivity contribution in [3.05, 3.63) is 30.1 Å². The van der Waals surface area contributed by atoms with Crippen LogP contribution in [0, 0.1) is 5.82 Å². The summed E-state index contributed by atoms with van der Waals surface area (Å²) in [5.74, 6) is -0.171. The van der Waals surface area contributed by atoms with E-state index in [0.717, 1.165) is 21.8 Å². The topological polar surface area (TPSA) is 38.9 Å². The van der Waals surface area contributed by atoms with Gasteiger partial charge in [-0.05, 0) is 25.2 Å². The molecule has 0 saturated heterocycles. The second-order valence-electron chi connectivity index (χ2n) is 2.72. The summed E-state index contributed by atoms with van der Waals surface area (Å²) in [6.07, 6.45) is 0. The van der Waals surface area contributed by atoms with Crippen LogP contribution in [0.25, 0.3) is 21.8 Å². The molecule has 4 aromatic rings. The molecule has 4 bridgehead atoms. The molecule has 0 aliphatic rings. The second kappa shape index (κ2) is 2.78. The number of nitrogens with zero attached hydrogens (tertiary/aromatic N) is 1. The molecule has 0 radical (unpaired) electrons. The summed E-state index contributed by atoms with van der Waals surface area (Å²) in [7, 11) is 1.50. The van der Waals surface area contributed by atoms with E-state index in [1.807, 2.05) is 12.1 Å². The molecule has 0 aliphatic heterocycles. The highest BCUT2D eigenvalue weighted by molar-refractivity contribution is 6.10. The van der Waals surface area contributed by atoms with Crippen molar-refractivity contribution in [2.45, 2.75) is 0 Å². The molecule has 2 N–H and O–H groups in total. The Labute approximate surface area is 74.8 Å². The van der Waals surface area contributed by atoms with Crippen LogP contribution in [0.4, 0.5) is 4.39 Å². The number of nitrogens with two attached hydrogens (primary N) is 1. The Morgan fingerprint density at radius 1 is 1.23 bits per heavy atom. The number of hydrogen-bond donors (Lipinski definition) is 1. The van der Waals surface area contributed by atoms with E-state index in [4.69, 9.17) is 0 Å². The van der Waals surface area contributed by atoms with E-state index >= 15 is 0 Å². The first-order valence-electron chi connectivity index (χ1n) is 4.03. The van der Waals surface area contributed by atoms with E-state index in [0.29, 0.717) is 0 Å². The van der Waals surface area contributed by atoms with Gasteiger partial charge in [-0.1, -0.05) is 6.07 Å². The van der Waals surface area contributed by atoms with Crippen molar-refractivity contribution in [3.63, 3.8) is 0 Å². The Morgan fingerprint density at radius 3 is 2.62 bits per heavy atom. The van der Waals surface area contributed by atoms with Crippen molar-refractivity contribution in [2.75, 3.05) is 7.05 Å². The van der Waals surface area contributed by atoms with E-state index in [1.165, 1.54) is 19.2 Å². The lowest BCUT2D eigenvalue weighted by Crippen LogP contribution is -1.91. The van der Waals surface area contributed by atoms with Crippen molar-refractivity contribution in [1.29, 1.82) is 0 Å². The molecule has 0 unspecified atom stereocenters. The highest BCUT2D eigenvalue weighted by Gasteiger charge is 2.10. The maximum Gasteiger partial charge on any atom is 0.124 e. The van der Waals surface area contributed by atoms with Gasteiger partial charge in [0.25, 0.3) is 0 Å². The number of rotatable bonds is 0. The van der Waals surface area contributed by atoms with Gasteiger partial charge in [0.1, 0.15) is 5.82 Å². The van der Waals surface area contributed by atoms with Gasteiger partial charge in [0.15, 0.2) is 0 Å². The maximum absolute atomic E-state index is 12.8. The summed E-state index contributed by atoms with van der Waals surface area (Å²) >= 11 is 0. The number of hydrogen-bond acceptors (Lipinski definition) is 2. The minimum absolute atomic E-state index is 0.171. The van der Waals surface area contributed by atoms with Gasteiger partial charge in [-0.2, -0.15) is 0 Å². The van der Waals surface area contributed by atoms with Crippen molar-refractivity contribution in [3.8, 4) is 0 Å². The smallest absolute Gasteiger partial charge is 0.124 e. The molecule has 2 aromatic carbocycles. The van der Waals surface area contributed by atoms with Crippen LogP contribution in [0.5, 0.6) is 0 Å². The van der Waals surface area contributed by atoms with Crippen LogP contribution < -0.4 is 5.73 Å². The minimum atomic E-state index is -0.171. The van der Waals surface area contributed by atoms with E-state index < -0.39 is 0 Å². The maximum atomic E-state index is 12.8. The molecule has 2 heterocycles. The molecule has 2 aromatic heterocycles. The SMILES string of the molecule is CN.Fc1cc2ccc3nc2c3c1. The van der Waals surface area contributed by atoms with Crippen LogP contribution in [-0.2, 0) is 0 Å². The fraction of sp³-hybridized carbons (Fsp3) is 0.100. The van der Waals surface area contributed by atoms with Crippen LogP contribution in [0.15, 0.2) is 24.3 Å². The molecule has 13 heavy (non-hydrogen) atoms. The van der Waals surface area contributed by atoms with Crippen LogP contribution in [-0.4, -0.2) is 12.0 Å². The third-order valence-electron chi connectivity index (χ3n) is 2.03. The van der Waals surface area contributed by atoms with Gasteiger partial charge in [-0.15, -0.1) is 0 Å². The molecule has 0 fully saturated rings. The van der Waals surface area contributed by atoms with E-state index in [2.05, 4.69) is 10.7 Å². The van der Waals surface area contributed by atoms with Gasteiger partial charge in [0, 0.05) is 10.8 Å². The largest absolute Gasteiger partial charge is 0.333 e. The molecular formula is C10H9FN2. The molecule has 0 atom stereocenters. The van der Waals surface area contributed by atoms with Crippen LogP contribution in [0.1, 0.15) is 0 Å². The monoisotopic (exact) mass is 176 g/mol. The third-order valence-corrected chi connectivity index (χ3v) is 2.03. The zero-order valence-electron chi connectivity index (χ0n) is 7.21. The van der Waals surface area contributed by atoms with Gasteiger partial charge < -0.3 is 5.73 Å². The van der Waals surface area contributed by atoms with Gasteiger partial charge >= 0.3 is 0 Å². The summed E-state index contributed by atoms with van der Waals surface area (Å²) in [6.45, 7) is 0. The molecular weight excluding hydrogens is 167 g/mol. The average Bonchev–Trinajstić information content (AvgIpc) is 2.16. The van der Waals surface area contributed by atoms with E-state index in [9.17, 15) is 4.39 Å². The molecule has 0 aliphatic carbocycles. The quantitative estimate of drug-likeness (QED) is 0.568. The first-order chi connectivity index (χ1) is 6.34. The summed E-state index contributed by atoms with van der Waals surface area (Å²) in [5.41, 5.74) is 6.36. The van der Waals surface area contributed by atoms with E-state index in [-0.39, 0.29) is 5.82 Å². The normalized spacial score (nSPS) is 10.7. The van der Waals surface area contributed by atoms with Gasteiger partial charge in [-0.25, -0.2) is 9.37 Å². The first kappa shape index (κ1) is 8.13. The predicted octanol–water partition coefficient (Wildman–Crippen LogP) is 1.98. The Hall–Kier alpha value is -1.48. The lowest BCUT2D eigenvalue weighted by atomic mass is 10.0. The first-order valence-corrected chi connectivity index (χ1v) is 4.03. The third kappa shape index (κ3) is 1.01. The number of halogens is 1. The average molecular weight is 176 g/mol. The standard InChI is InChI=1S/C9H4FN.CH5N/c10-6-3-5-1-2-8-7(4-6)9(5)11-8;1-2/h1-4H;2H2,1H3. The molecule has 0 spiro atoms. The number of aromatic nitrogens is 1. The van der Waals surface area contributed by atoms with Crippen molar-refractivity contribution in [2.24, 2.45) is 5.73 Å². The summed E-state index contributed by atoms with van der Waals surface area (Å²) < 4.78 is 12.8. The lowest BCUT2D eigenvalue weighted by Gasteiger charge is -2.08. The van der Waals surface area contributed by atoms with Gasteiger partial charge in [-0.3, -0.25) is 0 Å². The second-order valence-corrected chi connectivity index (χ2v) is 2.72. The van der Waals surface area contributed by atoms with Crippen LogP contribution in [0.2, 0.25) is 0 Å². The highest BCUT2D eigenvalue weighted by atomic mass is 19.1. The molecule has 0 saturated carbocycles. The molecule has 66 valence electrons. The summed E-state index contributed by atoms with van der Waals surface area (Å²) in [6, 6.07) is 6.85. The fourth-order valence-corrected chi connectivity index (χ4v) is 1.49. The Morgan fingerprint density at radius 2 is 2.00 bits per heavy atom. The van der Waals surface area contributed by atoms with Crippen molar-refractivity contribution in [1.82, 2.24) is 4.98 Å². The number of pyridine rings is 1. The highest BCUT2D eigenvalue weighted by Crippen LogP contribution is 2.29. The van der Waals surface area contributed by atoms with E-state index in [1.54, 1.807) is 0 Å². The Bertz CT molecular complexity index is 482. The number of benzene rings is 2. The lowest BCUT2D eigenvalue weighted by molar-refractivity contribution is 0.631. The number of fused-ring (bicyclic) bond motifs is 1. The molecule has 0 amide bonds. The predicted molar refractivity (Wildman–Crippen MR) is 51.7 cm³/mol. The van der Waals surface area contributed by atoms with Gasteiger partial charge in [0.2, 0.25) is 0 Å². The fourth-order valence-electron chi connectivity index (χ4n) is 1.49. The van der Waals surface area contributed by atoms with Crippen molar-refractivity contribution < 1.29 is 4.39 Å². The summed E-state index contributed by atoms with van der Waals surface area (Å²) in [4.78, 5) is 4.18. The molecule has 4 rings (SSSR count).